The molecule has 244 valence electrons. The number of carboxylic acid groups (broad SMARTS) is 3. The molecule has 0 aliphatic carbocycles. The van der Waals surface area contributed by atoms with Crippen molar-refractivity contribution in [3.05, 3.63) is 66.3 Å². The molecule has 1 amide bonds. The minimum absolute atomic E-state index is 0.128. The number of carbonyl (C=O) groups excluding carboxylic acids is 1. The Morgan fingerprint density at radius 1 is 0.911 bits per heavy atom. The molecule has 0 fully saturated rings. The van der Waals surface area contributed by atoms with Crippen LogP contribution in [0.4, 0.5) is 5.69 Å². The molecule has 0 aliphatic heterocycles. The van der Waals surface area contributed by atoms with E-state index in [0.29, 0.717) is 37.6 Å². The molecule has 2 aromatic heterocycles. The zero-order valence-electron chi connectivity index (χ0n) is 24.4. The van der Waals surface area contributed by atoms with E-state index >= 15 is 0 Å². The van der Waals surface area contributed by atoms with Gasteiger partial charge in [0, 0.05) is 61.8 Å². The normalized spacial score (nSPS) is 12.1. The Hall–Kier alpha value is -4.61. The summed E-state index contributed by atoms with van der Waals surface area (Å²) in [7, 11) is 0. The molecule has 3 rings (SSSR count). The Labute approximate surface area is 261 Å². The second-order valence-corrected chi connectivity index (χ2v) is 11.2. The number of carbonyl (C=O) groups is 4. The number of aromatic amines is 1. The summed E-state index contributed by atoms with van der Waals surface area (Å²) in [5, 5.41) is 30.5. The molecule has 0 saturated carbocycles. The fourth-order valence-electron chi connectivity index (χ4n) is 4.86. The van der Waals surface area contributed by atoms with Crippen LogP contribution in [0.1, 0.15) is 55.7 Å². The third-order valence-electron chi connectivity index (χ3n) is 7.14. The molecule has 7 N–H and O–H groups in total. The fourth-order valence-corrected chi connectivity index (χ4v) is 5.20. The van der Waals surface area contributed by atoms with Gasteiger partial charge in [0.25, 0.3) is 11.3 Å². The minimum Gasteiger partial charge on any atom is -0.481 e. The molecule has 0 radical (unpaired) electrons. The van der Waals surface area contributed by atoms with Crippen LogP contribution in [0.5, 0.6) is 0 Å². The molecular formula is C28H37N7O9S. The average Bonchev–Trinajstić information content (AvgIpc) is 3.65. The van der Waals surface area contributed by atoms with Gasteiger partial charge in [0.15, 0.2) is 0 Å². The summed E-state index contributed by atoms with van der Waals surface area (Å²) in [6.07, 6.45) is 5.62. The Bertz CT molecular complexity index is 1400. The van der Waals surface area contributed by atoms with Crippen molar-refractivity contribution in [2.24, 2.45) is 0 Å². The van der Waals surface area contributed by atoms with Crippen LogP contribution in [0.25, 0.3) is 0 Å². The topological polar surface area (TPSA) is 240 Å². The van der Waals surface area contributed by atoms with Crippen LogP contribution < -0.4 is 10.0 Å². The second-order valence-electron chi connectivity index (χ2n) is 10.5. The number of aliphatic carboxylic acids is 3. The summed E-state index contributed by atoms with van der Waals surface area (Å²) in [6.45, 7) is 1.13. The standard InChI is InChI=1S/C28H37N7O9S/c36-24(32-28(9-5-25(37)38,10-6-26(39)40)11-7-27(41)42)19-35-16-14-31-23(35)18-34(17-22-29-12-13-30-22)15-8-20-1-3-21(4-2-20)33-45(43)44/h1-4,12-14,16,33H,5-11,15,17-19H2,(H,29,30)(H,32,36)(H,37,38)(H,39,40)(H,41,42)(H,43,44). The van der Waals surface area contributed by atoms with Crippen molar-refractivity contribution in [1.82, 2.24) is 29.7 Å². The molecular weight excluding hydrogens is 610 g/mol. The summed E-state index contributed by atoms with van der Waals surface area (Å²) >= 11 is -2.17. The molecule has 17 heteroatoms. The van der Waals surface area contributed by atoms with Gasteiger partial charge in [0.2, 0.25) is 5.91 Å². The van der Waals surface area contributed by atoms with E-state index in [9.17, 15) is 38.7 Å². The van der Waals surface area contributed by atoms with Crippen LogP contribution in [0, 0.1) is 0 Å². The zero-order chi connectivity index (χ0) is 32.8. The fraction of sp³-hybridized carbons (Fsp3) is 0.429. The van der Waals surface area contributed by atoms with Gasteiger partial charge in [-0.2, -0.15) is 0 Å². The number of anilines is 1. The largest absolute Gasteiger partial charge is 0.481 e. The molecule has 45 heavy (non-hydrogen) atoms. The quantitative estimate of drug-likeness (QED) is 0.0820. The molecule has 1 aromatic carbocycles. The minimum atomic E-state index is -2.17. The smallest absolute Gasteiger partial charge is 0.303 e. The Kier molecular flexibility index (Phi) is 13.2. The predicted molar refractivity (Wildman–Crippen MR) is 161 cm³/mol. The highest BCUT2D eigenvalue weighted by atomic mass is 32.2. The molecule has 0 saturated heterocycles. The Morgan fingerprint density at radius 2 is 1.53 bits per heavy atom. The van der Waals surface area contributed by atoms with Crippen LogP contribution >= 0.6 is 0 Å². The average molecular weight is 648 g/mol. The summed E-state index contributed by atoms with van der Waals surface area (Å²) < 4.78 is 24.0. The number of H-pyrrole nitrogens is 1. The van der Waals surface area contributed by atoms with Crippen LogP contribution in [0.3, 0.4) is 0 Å². The third kappa shape index (κ3) is 12.5. The monoisotopic (exact) mass is 647 g/mol. The number of aromatic nitrogens is 4. The molecule has 3 aromatic rings. The number of benzene rings is 1. The molecule has 1 atom stereocenters. The van der Waals surface area contributed by atoms with Gasteiger partial charge in [-0.3, -0.25) is 33.4 Å². The molecule has 1 unspecified atom stereocenters. The second kappa shape index (κ2) is 17.0. The number of carboxylic acids is 3. The highest BCUT2D eigenvalue weighted by molar-refractivity contribution is 7.80. The molecule has 16 nitrogen and oxygen atoms in total. The summed E-state index contributed by atoms with van der Waals surface area (Å²) in [5.41, 5.74) is 0.150. The van der Waals surface area contributed by atoms with E-state index in [1.807, 2.05) is 12.1 Å². The van der Waals surface area contributed by atoms with Crippen LogP contribution in [0.15, 0.2) is 49.1 Å². The van der Waals surface area contributed by atoms with E-state index in [1.165, 1.54) is 6.20 Å². The van der Waals surface area contributed by atoms with E-state index in [4.69, 9.17) is 4.55 Å². The first-order chi connectivity index (χ1) is 21.4. The highest BCUT2D eigenvalue weighted by Crippen LogP contribution is 2.26. The van der Waals surface area contributed by atoms with E-state index < -0.39 is 40.6 Å². The Balaban J connectivity index is 1.73. The first kappa shape index (κ1) is 34.9. The van der Waals surface area contributed by atoms with Crippen LogP contribution in [-0.4, -0.2) is 84.4 Å². The lowest BCUT2D eigenvalue weighted by atomic mass is 9.83. The van der Waals surface area contributed by atoms with E-state index in [1.54, 1.807) is 35.3 Å². The summed E-state index contributed by atoms with van der Waals surface area (Å²) in [5.74, 6) is -2.72. The van der Waals surface area contributed by atoms with Crippen molar-refractivity contribution in [2.45, 2.75) is 70.1 Å². The summed E-state index contributed by atoms with van der Waals surface area (Å²) in [6, 6.07) is 7.10. The number of hydrogen-bond donors (Lipinski definition) is 7. The molecule has 0 aliphatic rings. The van der Waals surface area contributed by atoms with E-state index in [2.05, 4.69) is 29.9 Å². The SMILES string of the molecule is O=C(O)CCC(CCC(=O)O)(CCC(=O)O)NC(=O)Cn1ccnc1CN(CCc1ccc(NS(=O)O)cc1)Cc1ncc[nH]1. The van der Waals surface area contributed by atoms with Crippen molar-refractivity contribution < 1.29 is 43.3 Å². The summed E-state index contributed by atoms with van der Waals surface area (Å²) in [4.78, 5) is 61.2. The number of rotatable bonds is 21. The van der Waals surface area contributed by atoms with Crippen molar-refractivity contribution in [3.8, 4) is 0 Å². The maximum Gasteiger partial charge on any atom is 0.303 e. The highest BCUT2D eigenvalue weighted by Gasteiger charge is 2.34. The van der Waals surface area contributed by atoms with Crippen LogP contribution in [0.2, 0.25) is 0 Å². The van der Waals surface area contributed by atoms with Gasteiger partial charge >= 0.3 is 17.9 Å². The van der Waals surface area contributed by atoms with Gasteiger partial charge in [-0.05, 0) is 43.4 Å². The van der Waals surface area contributed by atoms with Gasteiger partial charge in [0.05, 0.1) is 13.1 Å². The lowest BCUT2D eigenvalue weighted by Gasteiger charge is -2.34. The van der Waals surface area contributed by atoms with Gasteiger partial charge in [0.1, 0.15) is 18.2 Å². The molecule has 0 spiro atoms. The molecule has 2 heterocycles. The van der Waals surface area contributed by atoms with E-state index in [-0.39, 0.29) is 45.1 Å². The van der Waals surface area contributed by atoms with Gasteiger partial charge in [-0.25, -0.2) is 14.2 Å². The number of imidazole rings is 2. The Morgan fingerprint density at radius 3 is 2.07 bits per heavy atom. The first-order valence-electron chi connectivity index (χ1n) is 14.1. The number of nitrogens with zero attached hydrogens (tertiary/aromatic N) is 4. The van der Waals surface area contributed by atoms with E-state index in [0.717, 1.165) is 11.4 Å². The third-order valence-corrected chi connectivity index (χ3v) is 7.55. The first-order valence-corrected chi connectivity index (χ1v) is 15.2. The van der Waals surface area contributed by atoms with Gasteiger partial charge in [-0.15, -0.1) is 0 Å². The lowest BCUT2D eigenvalue weighted by Crippen LogP contribution is -2.50. The number of nitrogens with one attached hydrogen (secondary N) is 3. The zero-order valence-corrected chi connectivity index (χ0v) is 25.2. The van der Waals surface area contributed by atoms with Gasteiger partial charge < -0.3 is 30.2 Å². The maximum absolute atomic E-state index is 13.3. The maximum atomic E-state index is 13.3. The number of hydrogen-bond acceptors (Lipinski definition) is 8. The van der Waals surface area contributed by atoms with Crippen molar-refractivity contribution in [3.63, 3.8) is 0 Å². The van der Waals surface area contributed by atoms with Crippen LogP contribution in [-0.2, 0) is 56.5 Å². The molecule has 0 bridgehead atoms. The van der Waals surface area contributed by atoms with Crippen molar-refractivity contribution >= 4 is 40.8 Å². The van der Waals surface area contributed by atoms with Gasteiger partial charge in [-0.1, -0.05) is 12.1 Å². The lowest BCUT2D eigenvalue weighted by molar-refractivity contribution is -0.139. The van der Waals surface area contributed by atoms with Crippen molar-refractivity contribution in [2.75, 3.05) is 11.3 Å². The predicted octanol–water partition coefficient (Wildman–Crippen LogP) is 1.85. The number of amides is 1. The van der Waals surface area contributed by atoms with Crippen molar-refractivity contribution in [1.29, 1.82) is 0 Å².